The fourth-order valence-electron chi connectivity index (χ4n) is 3.23. The minimum absolute atomic E-state index is 0.106. The number of nitro benzene ring substituents is 1. The standard InChI is InChI=1S/C24H21ClN2O9S/c1-26(20-12-19(25)22(34-2)13-23(20)35-3)37(32,33)18-6-4-5-16(11-18)24(29)36-14-21(28)15-7-9-17(10-8-15)27(30)31/h4-13H,14H2,1-3H3. The van der Waals surface area contributed by atoms with Crippen LogP contribution in [-0.4, -0.2) is 53.0 Å². The van der Waals surface area contributed by atoms with Gasteiger partial charge in [0.1, 0.15) is 11.5 Å². The van der Waals surface area contributed by atoms with Gasteiger partial charge in [-0.1, -0.05) is 17.7 Å². The number of halogens is 1. The van der Waals surface area contributed by atoms with E-state index in [1.807, 2.05) is 0 Å². The molecule has 0 aliphatic rings. The van der Waals surface area contributed by atoms with Crippen LogP contribution in [0.5, 0.6) is 11.5 Å². The van der Waals surface area contributed by atoms with E-state index in [-0.39, 0.29) is 38.2 Å². The average molecular weight is 549 g/mol. The van der Waals surface area contributed by atoms with Crippen molar-refractivity contribution in [2.75, 3.05) is 32.2 Å². The smallest absolute Gasteiger partial charge is 0.338 e. The lowest BCUT2D eigenvalue weighted by Crippen LogP contribution is -2.27. The number of methoxy groups -OCH3 is 2. The molecule has 194 valence electrons. The number of esters is 1. The predicted octanol–water partition coefficient (Wildman–Crippen LogP) is 4.13. The van der Waals surface area contributed by atoms with Crippen LogP contribution in [0.25, 0.3) is 0 Å². The molecule has 3 aromatic rings. The number of Topliss-reactive ketones (excluding diaryl/α,β-unsaturated/α-hetero) is 1. The topological polar surface area (TPSA) is 142 Å². The number of hydrogen-bond acceptors (Lipinski definition) is 9. The fourth-order valence-corrected chi connectivity index (χ4v) is 4.71. The van der Waals surface area contributed by atoms with E-state index in [1.54, 1.807) is 0 Å². The van der Waals surface area contributed by atoms with Crippen LogP contribution in [0.1, 0.15) is 20.7 Å². The first-order valence-electron chi connectivity index (χ1n) is 10.4. The molecule has 11 nitrogen and oxygen atoms in total. The SMILES string of the molecule is COc1cc(OC)c(N(C)S(=O)(=O)c2cccc(C(=O)OCC(=O)c3ccc([N+](=O)[O-])cc3)c2)cc1Cl. The van der Waals surface area contributed by atoms with E-state index in [9.17, 15) is 28.1 Å². The maximum Gasteiger partial charge on any atom is 0.338 e. The summed E-state index contributed by atoms with van der Waals surface area (Å²) >= 11 is 6.17. The van der Waals surface area contributed by atoms with E-state index in [0.717, 1.165) is 22.5 Å². The largest absolute Gasteiger partial charge is 0.495 e. The second kappa shape index (κ2) is 11.3. The van der Waals surface area contributed by atoms with Crippen molar-refractivity contribution in [2.24, 2.45) is 0 Å². The molecule has 3 aromatic carbocycles. The highest BCUT2D eigenvalue weighted by Crippen LogP contribution is 2.39. The van der Waals surface area contributed by atoms with Gasteiger partial charge in [0, 0.05) is 30.8 Å². The summed E-state index contributed by atoms with van der Waals surface area (Å²) < 4.78 is 43.0. The first-order valence-corrected chi connectivity index (χ1v) is 12.3. The maximum absolute atomic E-state index is 13.3. The van der Waals surface area contributed by atoms with Crippen molar-refractivity contribution in [1.82, 2.24) is 0 Å². The number of anilines is 1. The van der Waals surface area contributed by atoms with Gasteiger partial charge in [-0.2, -0.15) is 0 Å². The van der Waals surface area contributed by atoms with Crippen LogP contribution in [0, 0.1) is 10.1 Å². The first-order chi connectivity index (χ1) is 17.5. The van der Waals surface area contributed by atoms with Crippen LogP contribution < -0.4 is 13.8 Å². The molecule has 0 N–H and O–H groups in total. The molecule has 0 bridgehead atoms. The number of ketones is 1. The van der Waals surface area contributed by atoms with Crippen molar-refractivity contribution in [1.29, 1.82) is 0 Å². The molecule has 0 heterocycles. The number of nitro groups is 1. The fraction of sp³-hybridized carbons (Fsp3) is 0.167. The Balaban J connectivity index is 1.79. The Bertz CT molecular complexity index is 1460. The molecule has 0 saturated carbocycles. The zero-order valence-corrected chi connectivity index (χ0v) is 21.4. The molecule has 0 atom stereocenters. The summed E-state index contributed by atoms with van der Waals surface area (Å²) in [5.41, 5.74) is -0.0461. The highest BCUT2D eigenvalue weighted by molar-refractivity contribution is 7.92. The number of benzene rings is 3. The number of rotatable bonds is 10. The van der Waals surface area contributed by atoms with Gasteiger partial charge in [0.25, 0.3) is 15.7 Å². The molecule has 0 unspecified atom stereocenters. The van der Waals surface area contributed by atoms with Crippen molar-refractivity contribution >= 4 is 44.8 Å². The second-order valence-corrected chi connectivity index (χ2v) is 9.84. The van der Waals surface area contributed by atoms with E-state index in [1.165, 1.54) is 63.7 Å². The molecule has 0 aliphatic carbocycles. The number of non-ortho nitro benzene ring substituents is 1. The molecular weight excluding hydrogens is 528 g/mol. The summed E-state index contributed by atoms with van der Waals surface area (Å²) in [6.45, 7) is -0.644. The lowest BCUT2D eigenvalue weighted by atomic mass is 10.1. The van der Waals surface area contributed by atoms with Gasteiger partial charge in [0.2, 0.25) is 0 Å². The molecule has 0 saturated heterocycles. The number of carbonyl (C=O) groups is 2. The maximum atomic E-state index is 13.3. The summed E-state index contributed by atoms with van der Waals surface area (Å²) in [5.74, 6) is -1.04. The van der Waals surface area contributed by atoms with Gasteiger partial charge in [-0.3, -0.25) is 19.2 Å². The normalized spacial score (nSPS) is 10.9. The van der Waals surface area contributed by atoms with Crippen molar-refractivity contribution in [2.45, 2.75) is 4.90 Å². The molecule has 0 aliphatic heterocycles. The number of hydrogen-bond donors (Lipinski definition) is 0. The molecule has 13 heteroatoms. The zero-order valence-electron chi connectivity index (χ0n) is 19.8. The van der Waals surface area contributed by atoms with Crippen LogP contribution >= 0.6 is 11.6 Å². The van der Waals surface area contributed by atoms with Crippen LogP contribution in [-0.2, 0) is 14.8 Å². The Morgan fingerprint density at radius 1 is 0.973 bits per heavy atom. The second-order valence-electron chi connectivity index (χ2n) is 7.46. The number of ether oxygens (including phenoxy) is 3. The third kappa shape index (κ3) is 5.98. The summed E-state index contributed by atoms with van der Waals surface area (Å²) in [7, 11) is -0.113. The lowest BCUT2D eigenvalue weighted by molar-refractivity contribution is -0.384. The minimum atomic E-state index is -4.18. The van der Waals surface area contributed by atoms with E-state index >= 15 is 0 Å². The summed E-state index contributed by atoms with van der Waals surface area (Å²) in [6, 6.07) is 12.7. The summed E-state index contributed by atoms with van der Waals surface area (Å²) in [6.07, 6.45) is 0. The van der Waals surface area contributed by atoms with Gasteiger partial charge in [-0.15, -0.1) is 0 Å². The zero-order chi connectivity index (χ0) is 27.3. The monoisotopic (exact) mass is 548 g/mol. The number of nitrogens with zero attached hydrogens (tertiary/aromatic N) is 2. The average Bonchev–Trinajstić information content (AvgIpc) is 2.90. The summed E-state index contributed by atoms with van der Waals surface area (Å²) in [4.78, 5) is 34.7. The quantitative estimate of drug-likeness (QED) is 0.158. The van der Waals surface area contributed by atoms with Crippen LogP contribution in [0.3, 0.4) is 0 Å². The van der Waals surface area contributed by atoms with Gasteiger partial charge in [0.15, 0.2) is 12.4 Å². The lowest BCUT2D eigenvalue weighted by Gasteiger charge is -2.23. The van der Waals surface area contributed by atoms with Gasteiger partial charge >= 0.3 is 5.97 Å². The molecule has 3 rings (SSSR count). The van der Waals surface area contributed by atoms with Crippen LogP contribution in [0.4, 0.5) is 11.4 Å². The molecule has 0 amide bonds. The van der Waals surface area contributed by atoms with Gasteiger partial charge in [0.05, 0.1) is 40.3 Å². The molecule has 0 radical (unpaired) electrons. The highest BCUT2D eigenvalue weighted by atomic mass is 35.5. The molecule has 0 fully saturated rings. The predicted molar refractivity (Wildman–Crippen MR) is 134 cm³/mol. The first kappa shape index (κ1) is 27.4. The Morgan fingerprint density at radius 3 is 2.22 bits per heavy atom. The van der Waals surface area contributed by atoms with Crippen LogP contribution in [0.15, 0.2) is 65.6 Å². The number of sulfonamides is 1. The van der Waals surface area contributed by atoms with E-state index in [2.05, 4.69) is 0 Å². The van der Waals surface area contributed by atoms with Gasteiger partial charge in [-0.25, -0.2) is 13.2 Å². The van der Waals surface area contributed by atoms with Crippen molar-refractivity contribution in [3.05, 3.63) is 86.9 Å². The van der Waals surface area contributed by atoms with Gasteiger partial charge in [-0.05, 0) is 36.4 Å². The third-order valence-electron chi connectivity index (χ3n) is 5.26. The molecular formula is C24H21ClN2O9S. The van der Waals surface area contributed by atoms with Crippen molar-refractivity contribution in [3.8, 4) is 11.5 Å². The minimum Gasteiger partial charge on any atom is -0.495 e. The van der Waals surface area contributed by atoms with E-state index in [0.29, 0.717) is 5.75 Å². The van der Waals surface area contributed by atoms with Crippen LogP contribution in [0.2, 0.25) is 5.02 Å². The molecule has 37 heavy (non-hydrogen) atoms. The summed E-state index contributed by atoms with van der Waals surface area (Å²) in [5, 5.41) is 10.9. The Labute approximate surface area is 217 Å². The Morgan fingerprint density at radius 2 is 1.62 bits per heavy atom. The molecule has 0 spiro atoms. The van der Waals surface area contributed by atoms with E-state index in [4.69, 9.17) is 25.8 Å². The Hall–Kier alpha value is -4.16. The van der Waals surface area contributed by atoms with Crippen molar-refractivity contribution in [3.63, 3.8) is 0 Å². The van der Waals surface area contributed by atoms with Gasteiger partial charge < -0.3 is 14.2 Å². The number of carbonyl (C=O) groups excluding carboxylic acids is 2. The third-order valence-corrected chi connectivity index (χ3v) is 7.32. The van der Waals surface area contributed by atoms with E-state index < -0.39 is 33.3 Å². The molecule has 0 aromatic heterocycles. The van der Waals surface area contributed by atoms with Crippen molar-refractivity contribution < 1.29 is 37.1 Å². The Kier molecular flexibility index (Phi) is 8.35. The highest BCUT2D eigenvalue weighted by Gasteiger charge is 2.26.